The van der Waals surface area contributed by atoms with Crippen LogP contribution in [-0.4, -0.2) is 61.3 Å². The molecule has 0 aromatic carbocycles. The van der Waals surface area contributed by atoms with E-state index in [4.69, 9.17) is 5.11 Å². The second-order valence-corrected chi connectivity index (χ2v) is 4.56. The monoisotopic (exact) mass is 288 g/mol. The Morgan fingerprint density at radius 3 is 2.25 bits per heavy atom. The summed E-state index contributed by atoms with van der Waals surface area (Å²) < 4.78 is 0. The van der Waals surface area contributed by atoms with E-state index < -0.39 is 18.0 Å². The van der Waals surface area contributed by atoms with E-state index in [9.17, 15) is 14.4 Å². The largest absolute Gasteiger partial charge is 0.480 e. The zero-order chi connectivity index (χ0) is 15.5. The molecule has 0 bridgehead atoms. The Kier molecular flexibility index (Phi) is 8.89. The molecule has 0 aromatic heterocycles. The van der Waals surface area contributed by atoms with Gasteiger partial charge < -0.3 is 26.0 Å². The predicted molar refractivity (Wildman–Crippen MR) is 74.6 cm³/mol. The molecule has 1 atom stereocenters. The maximum Gasteiger partial charge on any atom is 0.326 e. The van der Waals surface area contributed by atoms with Gasteiger partial charge in [-0.3, -0.25) is 0 Å². The predicted octanol–water partition coefficient (Wildman–Crippen LogP) is 0.200. The molecular weight excluding hydrogens is 264 g/mol. The highest BCUT2D eigenvalue weighted by atomic mass is 16.4. The van der Waals surface area contributed by atoms with Crippen molar-refractivity contribution < 1.29 is 19.5 Å². The molecule has 0 radical (unpaired) electrons. The smallest absolute Gasteiger partial charge is 0.326 e. The van der Waals surface area contributed by atoms with Crippen molar-refractivity contribution in [3.63, 3.8) is 0 Å². The van der Waals surface area contributed by atoms with Crippen molar-refractivity contribution in [2.24, 2.45) is 0 Å². The molecule has 116 valence electrons. The fourth-order valence-electron chi connectivity index (χ4n) is 1.38. The third kappa shape index (κ3) is 8.17. The maximum atomic E-state index is 11.5. The van der Waals surface area contributed by atoms with Gasteiger partial charge in [-0.05, 0) is 6.42 Å². The van der Waals surface area contributed by atoms with Gasteiger partial charge >= 0.3 is 18.0 Å². The molecule has 4 amide bonds. The van der Waals surface area contributed by atoms with Gasteiger partial charge in [0.15, 0.2) is 0 Å². The van der Waals surface area contributed by atoms with E-state index in [0.29, 0.717) is 6.42 Å². The fourth-order valence-corrected chi connectivity index (χ4v) is 1.38. The van der Waals surface area contributed by atoms with Crippen molar-refractivity contribution >= 4 is 18.0 Å². The first-order valence-electron chi connectivity index (χ1n) is 6.60. The van der Waals surface area contributed by atoms with Crippen LogP contribution in [0.15, 0.2) is 0 Å². The number of nitrogens with one attached hydrogen (secondary N) is 3. The highest BCUT2D eigenvalue weighted by Gasteiger charge is 2.18. The van der Waals surface area contributed by atoms with Crippen LogP contribution >= 0.6 is 0 Å². The molecule has 20 heavy (non-hydrogen) atoms. The van der Waals surface area contributed by atoms with E-state index in [1.54, 1.807) is 14.1 Å². The average molecular weight is 288 g/mol. The number of rotatable bonds is 8. The van der Waals surface area contributed by atoms with Crippen molar-refractivity contribution in [3.8, 4) is 0 Å². The summed E-state index contributed by atoms with van der Waals surface area (Å²) in [4.78, 5) is 35.0. The normalized spacial score (nSPS) is 11.3. The van der Waals surface area contributed by atoms with E-state index in [0.717, 1.165) is 12.8 Å². The molecule has 8 heteroatoms. The Morgan fingerprint density at radius 1 is 1.15 bits per heavy atom. The summed E-state index contributed by atoms with van der Waals surface area (Å²) in [5.74, 6) is -1.05. The van der Waals surface area contributed by atoms with Gasteiger partial charge in [-0.15, -0.1) is 0 Å². The summed E-state index contributed by atoms with van der Waals surface area (Å²) in [6.07, 6.45) is 2.00. The molecule has 0 aliphatic carbocycles. The SMILES string of the molecule is CCCCC(NC(=O)NCCNC(=O)N(C)C)C(=O)O. The van der Waals surface area contributed by atoms with Gasteiger partial charge in [-0.1, -0.05) is 19.8 Å². The minimum Gasteiger partial charge on any atom is -0.480 e. The molecule has 0 saturated heterocycles. The summed E-state index contributed by atoms with van der Waals surface area (Å²) in [5, 5.41) is 16.4. The van der Waals surface area contributed by atoms with Crippen LogP contribution in [0.2, 0.25) is 0 Å². The number of carboxylic acids is 1. The summed E-state index contributed by atoms with van der Waals surface area (Å²) in [7, 11) is 3.22. The van der Waals surface area contributed by atoms with Crippen molar-refractivity contribution in [2.75, 3.05) is 27.2 Å². The zero-order valence-electron chi connectivity index (χ0n) is 12.2. The summed E-state index contributed by atoms with van der Waals surface area (Å²) in [6, 6.07) is -1.68. The van der Waals surface area contributed by atoms with Crippen molar-refractivity contribution in [2.45, 2.75) is 32.2 Å². The third-order valence-electron chi connectivity index (χ3n) is 2.54. The average Bonchev–Trinajstić information content (AvgIpc) is 2.38. The molecule has 1 unspecified atom stereocenters. The number of nitrogens with zero attached hydrogens (tertiary/aromatic N) is 1. The maximum absolute atomic E-state index is 11.5. The number of carbonyl (C=O) groups excluding carboxylic acids is 2. The molecule has 0 saturated carbocycles. The van der Waals surface area contributed by atoms with Gasteiger partial charge in [-0.2, -0.15) is 0 Å². The van der Waals surface area contributed by atoms with E-state index in [2.05, 4.69) is 16.0 Å². The minimum absolute atomic E-state index is 0.228. The van der Waals surface area contributed by atoms with E-state index in [1.165, 1.54) is 4.90 Å². The van der Waals surface area contributed by atoms with Crippen molar-refractivity contribution in [1.82, 2.24) is 20.9 Å². The first-order chi connectivity index (χ1) is 9.38. The van der Waals surface area contributed by atoms with Crippen molar-refractivity contribution in [1.29, 1.82) is 0 Å². The Labute approximate surface area is 118 Å². The number of hydrogen-bond acceptors (Lipinski definition) is 3. The highest BCUT2D eigenvalue weighted by Crippen LogP contribution is 2.00. The van der Waals surface area contributed by atoms with Gasteiger partial charge in [0, 0.05) is 27.2 Å². The topological polar surface area (TPSA) is 111 Å². The van der Waals surface area contributed by atoms with Crippen LogP contribution in [0.5, 0.6) is 0 Å². The van der Waals surface area contributed by atoms with E-state index in [-0.39, 0.29) is 19.1 Å². The molecule has 0 spiro atoms. The van der Waals surface area contributed by atoms with Crippen LogP contribution in [0.3, 0.4) is 0 Å². The molecule has 0 aromatic rings. The van der Waals surface area contributed by atoms with Gasteiger partial charge in [0.25, 0.3) is 0 Å². The van der Waals surface area contributed by atoms with Gasteiger partial charge in [-0.25, -0.2) is 14.4 Å². The van der Waals surface area contributed by atoms with Crippen LogP contribution in [0, 0.1) is 0 Å². The number of carboxylic acid groups (broad SMARTS) is 1. The lowest BCUT2D eigenvalue weighted by Crippen LogP contribution is -2.48. The summed E-state index contributed by atoms with van der Waals surface area (Å²) in [5.41, 5.74) is 0. The Hall–Kier alpha value is -1.99. The lowest BCUT2D eigenvalue weighted by Gasteiger charge is -2.15. The molecule has 0 heterocycles. The quantitative estimate of drug-likeness (QED) is 0.478. The standard InChI is InChI=1S/C12H24N4O4/c1-4-5-6-9(10(17)18)15-11(19)13-7-8-14-12(20)16(2)3/h9H,4-8H2,1-3H3,(H,14,20)(H,17,18)(H2,13,15,19). The zero-order valence-corrected chi connectivity index (χ0v) is 12.2. The number of aliphatic carboxylic acids is 1. The number of urea groups is 2. The Bertz CT molecular complexity index is 333. The molecule has 0 rings (SSSR count). The van der Waals surface area contributed by atoms with Crippen LogP contribution in [0.25, 0.3) is 0 Å². The molecule has 4 N–H and O–H groups in total. The van der Waals surface area contributed by atoms with Gasteiger partial charge in [0.2, 0.25) is 0 Å². The van der Waals surface area contributed by atoms with Gasteiger partial charge in [0.1, 0.15) is 6.04 Å². The first kappa shape index (κ1) is 18.0. The molecule has 8 nitrogen and oxygen atoms in total. The lowest BCUT2D eigenvalue weighted by atomic mass is 10.1. The molecule has 0 aliphatic heterocycles. The van der Waals surface area contributed by atoms with Crippen LogP contribution in [0.1, 0.15) is 26.2 Å². The molecular formula is C12H24N4O4. The highest BCUT2D eigenvalue weighted by molar-refractivity contribution is 5.82. The van der Waals surface area contributed by atoms with E-state index >= 15 is 0 Å². The molecule has 0 fully saturated rings. The Morgan fingerprint density at radius 2 is 1.75 bits per heavy atom. The van der Waals surface area contributed by atoms with Crippen LogP contribution in [-0.2, 0) is 4.79 Å². The minimum atomic E-state index is -1.05. The van der Waals surface area contributed by atoms with Crippen molar-refractivity contribution in [3.05, 3.63) is 0 Å². The number of hydrogen-bond donors (Lipinski definition) is 4. The second kappa shape index (κ2) is 9.88. The fraction of sp³-hybridized carbons (Fsp3) is 0.750. The summed E-state index contributed by atoms with van der Waals surface area (Å²) in [6.45, 7) is 2.45. The van der Waals surface area contributed by atoms with Gasteiger partial charge in [0.05, 0.1) is 0 Å². The number of carbonyl (C=O) groups is 3. The van der Waals surface area contributed by atoms with Crippen LogP contribution in [0.4, 0.5) is 9.59 Å². The van der Waals surface area contributed by atoms with Crippen LogP contribution < -0.4 is 16.0 Å². The molecule has 0 aliphatic rings. The number of unbranched alkanes of at least 4 members (excludes halogenated alkanes) is 1. The van der Waals surface area contributed by atoms with E-state index in [1.807, 2.05) is 6.92 Å². The second-order valence-electron chi connectivity index (χ2n) is 4.56. The summed E-state index contributed by atoms with van der Waals surface area (Å²) >= 11 is 0. The number of amides is 4. The lowest BCUT2D eigenvalue weighted by molar-refractivity contribution is -0.139. The first-order valence-corrected chi connectivity index (χ1v) is 6.60. The third-order valence-corrected chi connectivity index (χ3v) is 2.54. The Balaban J connectivity index is 3.90.